The van der Waals surface area contributed by atoms with Crippen LogP contribution in [-0.2, 0) is 25.5 Å². The van der Waals surface area contributed by atoms with E-state index in [-0.39, 0.29) is 18.9 Å². The third-order valence-electron chi connectivity index (χ3n) is 7.83. The summed E-state index contributed by atoms with van der Waals surface area (Å²) < 4.78 is 6.62. The highest BCUT2D eigenvalue weighted by atomic mass is 35.5. The van der Waals surface area contributed by atoms with Gasteiger partial charge in [0, 0.05) is 23.0 Å². The van der Waals surface area contributed by atoms with Gasteiger partial charge in [-0.3, -0.25) is 14.4 Å². The number of hydrogen-bond acceptors (Lipinski definition) is 5. The number of nitriles is 1. The monoisotopic (exact) mass is 635 g/mol. The van der Waals surface area contributed by atoms with E-state index in [4.69, 9.17) is 27.9 Å². The topological polar surface area (TPSA) is 120 Å². The second-order valence-corrected chi connectivity index (χ2v) is 12.4. The predicted molar refractivity (Wildman–Crippen MR) is 168 cm³/mol. The Morgan fingerprint density at radius 3 is 2.09 bits per heavy atom. The number of halogens is 2. The van der Waals surface area contributed by atoms with Gasteiger partial charge in [-0.15, -0.1) is 0 Å². The molecule has 0 aliphatic carbocycles. The summed E-state index contributed by atoms with van der Waals surface area (Å²) in [6.07, 6.45) is -0.492. The van der Waals surface area contributed by atoms with E-state index < -0.39 is 41.6 Å². The van der Waals surface area contributed by atoms with Crippen LogP contribution in [0.15, 0.2) is 72.8 Å². The number of aliphatic carboxylic acids is 1. The number of morpholine rings is 1. The minimum atomic E-state index is -1.21. The summed E-state index contributed by atoms with van der Waals surface area (Å²) in [5.41, 5.74) is 1.57. The number of nitrogens with zero attached hydrogens (tertiary/aromatic N) is 2. The summed E-state index contributed by atoms with van der Waals surface area (Å²) in [5, 5.41) is 22.7. The maximum Gasteiger partial charge on any atom is 0.310 e. The van der Waals surface area contributed by atoms with E-state index in [1.165, 1.54) is 13.8 Å². The molecule has 1 aliphatic heterocycles. The van der Waals surface area contributed by atoms with Crippen LogP contribution in [0, 0.1) is 16.7 Å². The molecule has 0 unspecified atom stereocenters. The molecule has 4 rings (SSSR count). The van der Waals surface area contributed by atoms with Crippen LogP contribution in [0.2, 0.25) is 10.0 Å². The lowest BCUT2D eigenvalue weighted by atomic mass is 9.88. The van der Waals surface area contributed by atoms with Gasteiger partial charge >= 0.3 is 5.97 Å². The summed E-state index contributed by atoms with van der Waals surface area (Å²) in [7, 11) is 0. The lowest BCUT2D eigenvalue weighted by Crippen LogP contribution is -2.59. The van der Waals surface area contributed by atoms with Crippen molar-refractivity contribution in [3.8, 4) is 6.07 Å². The Labute approximate surface area is 267 Å². The van der Waals surface area contributed by atoms with Crippen LogP contribution >= 0.6 is 23.2 Å². The Hall–Kier alpha value is -3.90. The van der Waals surface area contributed by atoms with Crippen molar-refractivity contribution < 1.29 is 24.2 Å². The standard InChI is InChI=1S/C34H35Cl2N3O5/c1-4-5-27(31(40)38-20-34(2,3)33(42)43)39-29(23-10-14-25(35)15-11-23)30(24-12-16-26(36)17-13-24)44-28(32(39)41)18-21-6-8-22(19-37)9-7-21/h6-17,27-30H,4-5,18,20H2,1-3H3,(H,38,40)(H,42,43)/t27-,28+,29-,30+/m1/s1. The largest absolute Gasteiger partial charge is 0.481 e. The Morgan fingerprint density at radius 1 is 1.00 bits per heavy atom. The van der Waals surface area contributed by atoms with Gasteiger partial charge in [-0.2, -0.15) is 5.26 Å². The SMILES string of the molecule is CCC[C@H](C(=O)NCC(C)(C)C(=O)O)N1C(=O)[C@H](Cc2ccc(C#N)cc2)O[C@@H](c2ccc(Cl)cc2)[C@H]1c1ccc(Cl)cc1. The fourth-order valence-electron chi connectivity index (χ4n) is 5.25. The van der Waals surface area contributed by atoms with Gasteiger partial charge in [0.05, 0.1) is 23.1 Å². The number of carboxylic acids is 1. The zero-order valence-electron chi connectivity index (χ0n) is 24.8. The molecule has 44 heavy (non-hydrogen) atoms. The van der Waals surface area contributed by atoms with Crippen LogP contribution < -0.4 is 5.32 Å². The van der Waals surface area contributed by atoms with Crippen molar-refractivity contribution >= 4 is 41.0 Å². The molecule has 0 aromatic heterocycles. The minimum absolute atomic E-state index is 0.110. The van der Waals surface area contributed by atoms with Gasteiger partial charge in [0.1, 0.15) is 18.2 Å². The molecule has 3 aromatic carbocycles. The van der Waals surface area contributed by atoms with Crippen LogP contribution in [0.4, 0.5) is 0 Å². The van der Waals surface area contributed by atoms with Gasteiger partial charge in [0.2, 0.25) is 5.91 Å². The molecule has 1 aliphatic rings. The molecule has 8 nitrogen and oxygen atoms in total. The van der Waals surface area contributed by atoms with Crippen LogP contribution in [-0.4, -0.2) is 46.5 Å². The van der Waals surface area contributed by atoms with Gasteiger partial charge in [0.25, 0.3) is 5.91 Å². The van der Waals surface area contributed by atoms with E-state index in [1.807, 2.05) is 31.2 Å². The molecule has 3 aromatic rings. The van der Waals surface area contributed by atoms with Crippen molar-refractivity contribution in [1.82, 2.24) is 10.2 Å². The second-order valence-electron chi connectivity index (χ2n) is 11.6. The molecule has 10 heteroatoms. The smallest absolute Gasteiger partial charge is 0.310 e. The Morgan fingerprint density at radius 2 is 1.57 bits per heavy atom. The Bertz CT molecular complexity index is 1520. The molecule has 230 valence electrons. The van der Waals surface area contributed by atoms with Crippen LogP contribution in [0.3, 0.4) is 0 Å². The highest BCUT2D eigenvalue weighted by Crippen LogP contribution is 2.44. The Kier molecular flexibility index (Phi) is 10.7. The summed E-state index contributed by atoms with van der Waals surface area (Å²) in [6.45, 7) is 4.88. The molecule has 1 fully saturated rings. The quantitative estimate of drug-likeness (QED) is 0.248. The van der Waals surface area contributed by atoms with Crippen molar-refractivity contribution in [3.05, 3.63) is 105 Å². The number of carboxylic acid groups (broad SMARTS) is 1. The number of ether oxygens (including phenoxy) is 1. The van der Waals surface area contributed by atoms with Gasteiger partial charge in [-0.25, -0.2) is 0 Å². The molecule has 0 bridgehead atoms. The molecule has 0 radical (unpaired) electrons. The number of amides is 2. The number of hydrogen-bond donors (Lipinski definition) is 2. The summed E-state index contributed by atoms with van der Waals surface area (Å²) >= 11 is 12.5. The van der Waals surface area contributed by atoms with Gasteiger partial charge < -0.3 is 20.1 Å². The van der Waals surface area contributed by atoms with E-state index in [0.717, 1.165) is 16.7 Å². The number of carbonyl (C=O) groups excluding carboxylic acids is 2. The van der Waals surface area contributed by atoms with Gasteiger partial charge in [0.15, 0.2) is 0 Å². The van der Waals surface area contributed by atoms with Crippen LogP contribution in [0.1, 0.15) is 68.0 Å². The molecule has 2 amide bonds. The first kappa shape index (κ1) is 33.0. The Balaban J connectivity index is 1.83. The summed E-state index contributed by atoms with van der Waals surface area (Å²) in [6, 6.07) is 21.7. The zero-order valence-corrected chi connectivity index (χ0v) is 26.3. The first-order valence-electron chi connectivity index (χ1n) is 14.4. The molecule has 0 spiro atoms. The lowest BCUT2D eigenvalue weighted by molar-refractivity contribution is -0.181. The molecule has 1 heterocycles. The fraction of sp³-hybridized carbons (Fsp3) is 0.353. The average Bonchev–Trinajstić information content (AvgIpc) is 3.01. The van der Waals surface area contributed by atoms with Crippen molar-refractivity contribution in [1.29, 1.82) is 5.26 Å². The number of rotatable bonds is 11. The predicted octanol–water partition coefficient (Wildman–Crippen LogP) is 6.51. The number of carbonyl (C=O) groups is 3. The lowest BCUT2D eigenvalue weighted by Gasteiger charge is -2.48. The fourth-order valence-corrected chi connectivity index (χ4v) is 5.50. The van der Waals surface area contributed by atoms with E-state index in [1.54, 1.807) is 53.4 Å². The first-order valence-corrected chi connectivity index (χ1v) is 15.2. The number of benzene rings is 3. The van der Waals surface area contributed by atoms with E-state index >= 15 is 0 Å². The zero-order chi connectivity index (χ0) is 32.0. The maximum atomic E-state index is 14.5. The molecular formula is C34H35Cl2N3O5. The van der Waals surface area contributed by atoms with Crippen molar-refractivity contribution in [3.63, 3.8) is 0 Å². The third-order valence-corrected chi connectivity index (χ3v) is 8.33. The average molecular weight is 637 g/mol. The maximum absolute atomic E-state index is 14.5. The van der Waals surface area contributed by atoms with E-state index in [2.05, 4.69) is 11.4 Å². The van der Waals surface area contributed by atoms with Crippen molar-refractivity contribution in [2.75, 3.05) is 6.54 Å². The first-order chi connectivity index (χ1) is 20.9. The van der Waals surface area contributed by atoms with Crippen molar-refractivity contribution in [2.24, 2.45) is 5.41 Å². The van der Waals surface area contributed by atoms with E-state index in [0.29, 0.717) is 28.5 Å². The van der Waals surface area contributed by atoms with Gasteiger partial charge in [-0.05, 0) is 73.4 Å². The van der Waals surface area contributed by atoms with Gasteiger partial charge in [-0.1, -0.05) is 72.9 Å². The van der Waals surface area contributed by atoms with Crippen LogP contribution in [0.5, 0.6) is 0 Å². The third kappa shape index (κ3) is 7.59. The van der Waals surface area contributed by atoms with Crippen molar-refractivity contribution in [2.45, 2.75) is 64.3 Å². The summed E-state index contributed by atoms with van der Waals surface area (Å²) in [5.74, 6) is -1.86. The molecule has 2 N–H and O–H groups in total. The number of nitrogens with one attached hydrogen (secondary N) is 1. The molecular weight excluding hydrogens is 601 g/mol. The molecule has 4 atom stereocenters. The highest BCUT2D eigenvalue weighted by molar-refractivity contribution is 6.30. The molecule has 1 saturated heterocycles. The van der Waals surface area contributed by atoms with E-state index in [9.17, 15) is 24.8 Å². The molecule has 0 saturated carbocycles. The summed E-state index contributed by atoms with van der Waals surface area (Å²) in [4.78, 5) is 41.7. The second kappa shape index (κ2) is 14.3. The normalized spacial score (nSPS) is 19.2. The highest BCUT2D eigenvalue weighted by Gasteiger charge is 2.48. The minimum Gasteiger partial charge on any atom is -0.481 e. The van der Waals surface area contributed by atoms with Crippen LogP contribution in [0.25, 0.3) is 0 Å².